The number of halogens is 1. The van der Waals surface area contributed by atoms with Gasteiger partial charge in [0.25, 0.3) is 0 Å². The molecule has 0 radical (unpaired) electrons. The maximum absolute atomic E-state index is 13.9. The molecule has 0 spiro atoms. The molecule has 1 aromatic heterocycles. The molecule has 1 aromatic carbocycles. The van der Waals surface area contributed by atoms with Crippen molar-refractivity contribution in [1.82, 2.24) is 9.62 Å². The summed E-state index contributed by atoms with van der Waals surface area (Å²) in [6.45, 7) is 0.586. The van der Waals surface area contributed by atoms with E-state index in [1.54, 1.807) is 19.2 Å². The van der Waals surface area contributed by atoms with Crippen LogP contribution in [-0.2, 0) is 23.1 Å². The number of hydrogen-bond donors (Lipinski definition) is 1. The van der Waals surface area contributed by atoms with Crippen LogP contribution in [0.5, 0.6) is 0 Å². The number of rotatable bonds is 6. The number of hydrogen-bond acceptors (Lipinski definition) is 4. The summed E-state index contributed by atoms with van der Waals surface area (Å²) in [7, 11) is -0.750. The molecule has 0 unspecified atom stereocenters. The van der Waals surface area contributed by atoms with Crippen molar-refractivity contribution >= 4 is 10.0 Å². The Morgan fingerprint density at radius 2 is 2.05 bits per heavy atom. The Bertz CT molecular complexity index is 699. The largest absolute Gasteiger partial charge is 0.472 e. The third-order valence-corrected chi connectivity index (χ3v) is 4.87. The van der Waals surface area contributed by atoms with Gasteiger partial charge in [-0.1, -0.05) is 6.07 Å². The van der Waals surface area contributed by atoms with Gasteiger partial charge in [0, 0.05) is 25.7 Å². The molecule has 0 aliphatic carbocycles. The number of sulfonamides is 1. The van der Waals surface area contributed by atoms with E-state index in [9.17, 15) is 12.8 Å². The lowest BCUT2D eigenvalue weighted by Crippen LogP contribution is -2.27. The zero-order chi connectivity index (χ0) is 15.5. The smallest absolute Gasteiger partial charge is 0.246 e. The fourth-order valence-electron chi connectivity index (χ4n) is 1.95. The van der Waals surface area contributed by atoms with Gasteiger partial charge in [-0.15, -0.1) is 0 Å². The molecule has 0 saturated carbocycles. The molecule has 0 aliphatic heterocycles. The van der Waals surface area contributed by atoms with Gasteiger partial charge in [-0.25, -0.2) is 12.8 Å². The van der Waals surface area contributed by atoms with Crippen LogP contribution in [0.15, 0.2) is 46.1 Å². The molecule has 0 amide bonds. The number of benzene rings is 1. The minimum atomic E-state index is -3.90. The van der Waals surface area contributed by atoms with Crippen molar-refractivity contribution in [2.45, 2.75) is 18.0 Å². The molecule has 114 valence electrons. The van der Waals surface area contributed by atoms with Crippen LogP contribution >= 0.6 is 0 Å². The van der Waals surface area contributed by atoms with Crippen LogP contribution in [0.1, 0.15) is 11.1 Å². The summed E-state index contributed by atoms with van der Waals surface area (Å²) < 4.78 is 44.8. The Morgan fingerprint density at radius 1 is 1.29 bits per heavy atom. The van der Waals surface area contributed by atoms with Crippen LogP contribution in [0.3, 0.4) is 0 Å². The summed E-state index contributed by atoms with van der Waals surface area (Å²) in [5.41, 5.74) is 1.40. The molecule has 1 heterocycles. The Kier molecular flexibility index (Phi) is 4.76. The second kappa shape index (κ2) is 6.38. The highest BCUT2D eigenvalue weighted by atomic mass is 32.2. The summed E-state index contributed by atoms with van der Waals surface area (Å²) in [6, 6.07) is 5.75. The van der Waals surface area contributed by atoms with Crippen LogP contribution in [0.2, 0.25) is 0 Å². The van der Waals surface area contributed by atoms with E-state index in [1.807, 2.05) is 0 Å². The Labute approximate surface area is 123 Å². The lowest BCUT2D eigenvalue weighted by molar-refractivity contribution is 0.456. The van der Waals surface area contributed by atoms with Crippen LogP contribution in [0, 0.1) is 5.82 Å². The highest BCUT2D eigenvalue weighted by Crippen LogP contribution is 2.21. The van der Waals surface area contributed by atoms with Gasteiger partial charge in [-0.05, 0) is 30.8 Å². The van der Waals surface area contributed by atoms with Gasteiger partial charge in [-0.2, -0.15) is 4.31 Å². The summed E-state index contributed by atoms with van der Waals surface area (Å²) in [4.78, 5) is -0.318. The average molecular weight is 312 g/mol. The van der Waals surface area contributed by atoms with Crippen molar-refractivity contribution in [3.63, 3.8) is 0 Å². The molecule has 5 nitrogen and oxygen atoms in total. The van der Waals surface area contributed by atoms with Gasteiger partial charge in [0.2, 0.25) is 10.0 Å². The zero-order valence-corrected chi connectivity index (χ0v) is 12.7. The van der Waals surface area contributed by atoms with E-state index in [2.05, 4.69) is 5.32 Å². The zero-order valence-electron chi connectivity index (χ0n) is 11.8. The second-order valence-electron chi connectivity index (χ2n) is 4.69. The van der Waals surface area contributed by atoms with Gasteiger partial charge in [0.1, 0.15) is 10.7 Å². The highest BCUT2D eigenvalue weighted by Gasteiger charge is 2.25. The molecule has 2 aromatic rings. The van der Waals surface area contributed by atoms with Crippen molar-refractivity contribution in [2.75, 3.05) is 14.1 Å². The van der Waals surface area contributed by atoms with Gasteiger partial charge in [0.15, 0.2) is 0 Å². The summed E-state index contributed by atoms with van der Waals surface area (Å²) in [5, 5.41) is 2.90. The Morgan fingerprint density at radius 3 is 2.67 bits per heavy atom. The Balaban J connectivity index is 2.31. The first-order valence-corrected chi connectivity index (χ1v) is 7.79. The van der Waals surface area contributed by atoms with Crippen molar-refractivity contribution < 1.29 is 17.2 Å². The third-order valence-electron chi connectivity index (χ3n) is 3.05. The Hall–Kier alpha value is -1.70. The van der Waals surface area contributed by atoms with E-state index in [0.717, 1.165) is 4.31 Å². The quantitative estimate of drug-likeness (QED) is 0.886. The van der Waals surface area contributed by atoms with Gasteiger partial charge >= 0.3 is 0 Å². The molecular weight excluding hydrogens is 295 g/mol. The first-order chi connectivity index (χ1) is 9.95. The van der Waals surface area contributed by atoms with Crippen LogP contribution in [-0.4, -0.2) is 26.8 Å². The number of nitrogens with one attached hydrogen (secondary N) is 1. The van der Waals surface area contributed by atoms with Crippen LogP contribution in [0.4, 0.5) is 4.39 Å². The molecule has 2 rings (SSSR count). The summed E-state index contributed by atoms with van der Waals surface area (Å²) in [5.74, 6) is -0.756. The maximum atomic E-state index is 13.9. The van der Waals surface area contributed by atoms with Gasteiger partial charge < -0.3 is 9.73 Å². The van der Waals surface area contributed by atoms with Crippen molar-refractivity contribution in [3.05, 3.63) is 53.7 Å². The maximum Gasteiger partial charge on any atom is 0.246 e. The fourth-order valence-corrected chi connectivity index (χ4v) is 3.22. The first-order valence-electron chi connectivity index (χ1n) is 6.35. The molecule has 0 saturated heterocycles. The predicted octanol–water partition coefficient (Wildman–Crippen LogP) is 1.96. The lowest BCUT2D eigenvalue weighted by atomic mass is 10.2. The molecule has 0 bridgehead atoms. The van der Waals surface area contributed by atoms with E-state index in [-0.39, 0.29) is 11.4 Å². The number of furan rings is 1. The van der Waals surface area contributed by atoms with E-state index < -0.39 is 15.8 Å². The average Bonchev–Trinajstić information content (AvgIpc) is 2.94. The molecule has 21 heavy (non-hydrogen) atoms. The van der Waals surface area contributed by atoms with Crippen molar-refractivity contribution in [3.8, 4) is 0 Å². The van der Waals surface area contributed by atoms with Crippen molar-refractivity contribution in [2.24, 2.45) is 0 Å². The topological polar surface area (TPSA) is 62.6 Å². The molecular formula is C14H17FN2O3S. The minimum absolute atomic E-state index is 0.120. The fraction of sp³-hybridized carbons (Fsp3) is 0.286. The minimum Gasteiger partial charge on any atom is -0.472 e. The lowest BCUT2D eigenvalue weighted by Gasteiger charge is -2.17. The van der Waals surface area contributed by atoms with E-state index in [1.165, 1.54) is 31.7 Å². The van der Waals surface area contributed by atoms with Crippen LogP contribution in [0.25, 0.3) is 0 Å². The first kappa shape index (κ1) is 15.7. The molecule has 0 fully saturated rings. The standard InChI is InChI=1S/C14H17FN2O3S/c1-16-8-11-3-4-13(15)14(7-11)21(18,19)17(2)9-12-5-6-20-10-12/h3-7,10,16H,8-9H2,1-2H3. The normalized spacial score (nSPS) is 12.0. The molecule has 0 aliphatic rings. The third kappa shape index (κ3) is 3.49. The second-order valence-corrected chi connectivity index (χ2v) is 6.70. The molecule has 1 N–H and O–H groups in total. The van der Waals surface area contributed by atoms with Crippen LogP contribution < -0.4 is 5.32 Å². The highest BCUT2D eigenvalue weighted by molar-refractivity contribution is 7.89. The summed E-state index contributed by atoms with van der Waals surface area (Å²) in [6.07, 6.45) is 2.92. The SMILES string of the molecule is CNCc1ccc(F)c(S(=O)(=O)N(C)Cc2ccoc2)c1. The summed E-state index contributed by atoms with van der Waals surface area (Å²) >= 11 is 0. The molecule has 0 atom stereocenters. The number of nitrogens with zero attached hydrogens (tertiary/aromatic N) is 1. The van der Waals surface area contributed by atoms with Gasteiger partial charge in [0.05, 0.1) is 12.5 Å². The van der Waals surface area contributed by atoms with E-state index >= 15 is 0 Å². The van der Waals surface area contributed by atoms with Gasteiger partial charge in [-0.3, -0.25) is 0 Å². The van der Waals surface area contributed by atoms with E-state index in [0.29, 0.717) is 17.7 Å². The monoisotopic (exact) mass is 312 g/mol. The van der Waals surface area contributed by atoms with Crippen molar-refractivity contribution in [1.29, 1.82) is 0 Å². The van der Waals surface area contributed by atoms with E-state index in [4.69, 9.17) is 4.42 Å². The molecule has 7 heteroatoms. The predicted molar refractivity (Wildman–Crippen MR) is 76.5 cm³/mol.